The van der Waals surface area contributed by atoms with Gasteiger partial charge in [-0.3, -0.25) is 0 Å². The molecule has 0 saturated heterocycles. The van der Waals surface area contributed by atoms with E-state index in [2.05, 4.69) is 17.4 Å². The van der Waals surface area contributed by atoms with Gasteiger partial charge in [-0.15, -0.1) is 0 Å². The largest absolute Gasteiger partial charge is 0.449 e. The standard InChI is InChI=1S/C12H17NO2/c1-12(2)14-10-5-4-9(6-7-13-3)8-11(10)15-12/h4-5,8,13H,6-7H2,1-3H3. The Balaban J connectivity index is 2.15. The van der Waals surface area contributed by atoms with Gasteiger partial charge in [-0.1, -0.05) is 6.07 Å². The number of rotatable bonds is 3. The van der Waals surface area contributed by atoms with Gasteiger partial charge in [-0.2, -0.15) is 0 Å². The van der Waals surface area contributed by atoms with Crippen LogP contribution in [0.4, 0.5) is 0 Å². The van der Waals surface area contributed by atoms with Crippen LogP contribution in [-0.2, 0) is 6.42 Å². The van der Waals surface area contributed by atoms with Crippen molar-refractivity contribution >= 4 is 0 Å². The molecule has 0 aromatic heterocycles. The Bertz CT molecular complexity index is 361. The summed E-state index contributed by atoms with van der Waals surface area (Å²) in [5.74, 6) is 1.17. The lowest BCUT2D eigenvalue weighted by Crippen LogP contribution is -2.29. The van der Waals surface area contributed by atoms with Gasteiger partial charge in [0.15, 0.2) is 11.5 Å². The molecule has 0 radical (unpaired) electrons. The lowest BCUT2D eigenvalue weighted by Gasteiger charge is -2.16. The van der Waals surface area contributed by atoms with E-state index < -0.39 is 5.79 Å². The Morgan fingerprint density at radius 1 is 1.20 bits per heavy atom. The summed E-state index contributed by atoms with van der Waals surface area (Å²) in [6.07, 6.45) is 1.01. The van der Waals surface area contributed by atoms with Gasteiger partial charge in [0.2, 0.25) is 5.79 Å². The molecule has 2 rings (SSSR count). The molecule has 3 heteroatoms. The number of fused-ring (bicyclic) bond motifs is 1. The number of ether oxygens (including phenoxy) is 2. The zero-order valence-electron chi connectivity index (χ0n) is 9.46. The summed E-state index contributed by atoms with van der Waals surface area (Å²) in [6, 6.07) is 6.12. The molecule has 0 spiro atoms. The van der Waals surface area contributed by atoms with Crippen LogP contribution in [0.3, 0.4) is 0 Å². The Labute approximate surface area is 90.4 Å². The fraction of sp³-hybridized carbons (Fsp3) is 0.500. The van der Waals surface area contributed by atoms with Gasteiger partial charge in [-0.05, 0) is 37.7 Å². The molecule has 1 aromatic rings. The SMILES string of the molecule is CNCCc1ccc2c(c1)OC(C)(C)O2. The van der Waals surface area contributed by atoms with E-state index in [-0.39, 0.29) is 0 Å². The third kappa shape index (κ3) is 2.23. The fourth-order valence-corrected chi connectivity index (χ4v) is 1.69. The van der Waals surface area contributed by atoms with Crippen LogP contribution >= 0.6 is 0 Å². The predicted molar refractivity (Wildman–Crippen MR) is 59.4 cm³/mol. The first kappa shape index (κ1) is 10.3. The van der Waals surface area contributed by atoms with Gasteiger partial charge in [0, 0.05) is 13.8 Å². The van der Waals surface area contributed by atoms with Crippen molar-refractivity contribution in [1.29, 1.82) is 0 Å². The smallest absolute Gasteiger partial charge is 0.246 e. The third-order valence-corrected chi connectivity index (χ3v) is 2.38. The molecule has 0 amide bonds. The molecular formula is C12H17NO2. The molecule has 0 saturated carbocycles. The van der Waals surface area contributed by atoms with E-state index in [0.717, 1.165) is 24.5 Å². The summed E-state index contributed by atoms with van der Waals surface area (Å²) in [5, 5.41) is 3.13. The maximum Gasteiger partial charge on any atom is 0.246 e. The zero-order valence-corrected chi connectivity index (χ0v) is 9.46. The van der Waals surface area contributed by atoms with Crippen LogP contribution in [0.25, 0.3) is 0 Å². The van der Waals surface area contributed by atoms with Crippen LogP contribution in [0.2, 0.25) is 0 Å². The first-order chi connectivity index (χ1) is 7.11. The Kier molecular flexibility index (Phi) is 2.57. The van der Waals surface area contributed by atoms with E-state index in [4.69, 9.17) is 9.47 Å². The summed E-state index contributed by atoms with van der Waals surface area (Å²) in [4.78, 5) is 0. The number of likely N-dealkylation sites (N-methyl/N-ethyl adjacent to an activating group) is 1. The van der Waals surface area contributed by atoms with E-state index in [1.54, 1.807) is 0 Å². The highest BCUT2D eigenvalue weighted by molar-refractivity contribution is 5.45. The van der Waals surface area contributed by atoms with Crippen molar-refractivity contribution in [2.24, 2.45) is 0 Å². The van der Waals surface area contributed by atoms with Crippen LogP contribution < -0.4 is 14.8 Å². The van der Waals surface area contributed by atoms with Crippen molar-refractivity contribution in [2.45, 2.75) is 26.1 Å². The minimum absolute atomic E-state index is 0.524. The summed E-state index contributed by atoms with van der Waals surface area (Å²) in [7, 11) is 1.95. The minimum atomic E-state index is -0.524. The lowest BCUT2D eigenvalue weighted by molar-refractivity contribution is -0.0431. The quantitative estimate of drug-likeness (QED) is 0.821. The fourth-order valence-electron chi connectivity index (χ4n) is 1.69. The van der Waals surface area contributed by atoms with Crippen LogP contribution in [0, 0.1) is 0 Å². The molecule has 1 aliphatic rings. The van der Waals surface area contributed by atoms with Gasteiger partial charge >= 0.3 is 0 Å². The van der Waals surface area contributed by atoms with Gasteiger partial charge in [0.05, 0.1) is 0 Å². The van der Waals surface area contributed by atoms with E-state index in [1.807, 2.05) is 27.0 Å². The van der Waals surface area contributed by atoms with Crippen LogP contribution in [0.15, 0.2) is 18.2 Å². The molecule has 1 aromatic carbocycles. The second-order valence-corrected chi connectivity index (χ2v) is 4.24. The lowest BCUT2D eigenvalue weighted by atomic mass is 10.1. The number of nitrogens with one attached hydrogen (secondary N) is 1. The maximum absolute atomic E-state index is 5.67. The van der Waals surface area contributed by atoms with Crippen molar-refractivity contribution in [1.82, 2.24) is 5.32 Å². The van der Waals surface area contributed by atoms with Crippen LogP contribution in [0.5, 0.6) is 11.5 Å². The molecule has 15 heavy (non-hydrogen) atoms. The highest BCUT2D eigenvalue weighted by Gasteiger charge is 2.31. The number of hydrogen-bond acceptors (Lipinski definition) is 3. The molecule has 0 fully saturated rings. The van der Waals surface area contributed by atoms with E-state index in [1.165, 1.54) is 5.56 Å². The maximum atomic E-state index is 5.67. The average Bonchev–Trinajstić information content (AvgIpc) is 2.47. The summed E-state index contributed by atoms with van der Waals surface area (Å²) >= 11 is 0. The van der Waals surface area contributed by atoms with Crippen molar-refractivity contribution in [3.63, 3.8) is 0 Å². The number of benzene rings is 1. The van der Waals surface area contributed by atoms with E-state index >= 15 is 0 Å². The van der Waals surface area contributed by atoms with Gasteiger partial charge in [-0.25, -0.2) is 0 Å². The predicted octanol–water partition coefficient (Wildman–Crippen LogP) is 1.96. The molecule has 0 atom stereocenters. The van der Waals surface area contributed by atoms with E-state index in [0.29, 0.717) is 0 Å². The second kappa shape index (κ2) is 3.74. The highest BCUT2D eigenvalue weighted by atomic mass is 16.7. The molecule has 0 bridgehead atoms. The molecule has 1 N–H and O–H groups in total. The minimum Gasteiger partial charge on any atom is -0.449 e. The first-order valence-electron chi connectivity index (χ1n) is 5.26. The molecule has 1 aliphatic heterocycles. The first-order valence-corrected chi connectivity index (χ1v) is 5.26. The molecule has 0 unspecified atom stereocenters. The molecular weight excluding hydrogens is 190 g/mol. The highest BCUT2D eigenvalue weighted by Crippen LogP contribution is 2.39. The van der Waals surface area contributed by atoms with Crippen LogP contribution in [0.1, 0.15) is 19.4 Å². The summed E-state index contributed by atoms with van der Waals surface area (Å²) in [5.41, 5.74) is 1.27. The van der Waals surface area contributed by atoms with Gasteiger partial charge in [0.25, 0.3) is 0 Å². The van der Waals surface area contributed by atoms with Crippen molar-refractivity contribution in [2.75, 3.05) is 13.6 Å². The normalized spacial score (nSPS) is 16.7. The van der Waals surface area contributed by atoms with Gasteiger partial charge in [0.1, 0.15) is 0 Å². The Morgan fingerprint density at radius 3 is 2.67 bits per heavy atom. The second-order valence-electron chi connectivity index (χ2n) is 4.24. The molecule has 82 valence electrons. The average molecular weight is 207 g/mol. The monoisotopic (exact) mass is 207 g/mol. The van der Waals surface area contributed by atoms with Crippen LogP contribution in [-0.4, -0.2) is 19.4 Å². The Hall–Kier alpha value is -1.22. The number of hydrogen-bond donors (Lipinski definition) is 1. The van der Waals surface area contributed by atoms with Crippen molar-refractivity contribution in [3.8, 4) is 11.5 Å². The van der Waals surface area contributed by atoms with Gasteiger partial charge < -0.3 is 14.8 Å². The molecule has 0 aliphatic carbocycles. The molecule has 1 heterocycles. The summed E-state index contributed by atoms with van der Waals surface area (Å²) < 4.78 is 11.3. The zero-order chi connectivity index (χ0) is 10.9. The summed E-state index contributed by atoms with van der Waals surface area (Å²) in [6.45, 7) is 4.81. The topological polar surface area (TPSA) is 30.5 Å². The van der Waals surface area contributed by atoms with Crippen molar-refractivity contribution in [3.05, 3.63) is 23.8 Å². The van der Waals surface area contributed by atoms with Crippen molar-refractivity contribution < 1.29 is 9.47 Å². The van der Waals surface area contributed by atoms with E-state index in [9.17, 15) is 0 Å². The third-order valence-electron chi connectivity index (χ3n) is 2.38. The Morgan fingerprint density at radius 2 is 1.93 bits per heavy atom. The molecule has 3 nitrogen and oxygen atoms in total.